The maximum atomic E-state index is 12.8. The van der Waals surface area contributed by atoms with Gasteiger partial charge in [-0.1, -0.05) is 24.3 Å². The highest BCUT2D eigenvalue weighted by atomic mass is 16.1. The quantitative estimate of drug-likeness (QED) is 0.703. The van der Waals surface area contributed by atoms with Crippen molar-refractivity contribution in [1.82, 2.24) is 20.3 Å². The molecule has 0 spiro atoms. The Morgan fingerprint density at radius 1 is 1.04 bits per heavy atom. The van der Waals surface area contributed by atoms with Crippen LogP contribution in [0.3, 0.4) is 0 Å². The number of benzene rings is 1. The Morgan fingerprint density at radius 3 is 2.44 bits per heavy atom. The molecule has 2 heterocycles. The third-order valence-electron chi connectivity index (χ3n) is 4.41. The molecule has 0 radical (unpaired) electrons. The van der Waals surface area contributed by atoms with Gasteiger partial charge in [0.15, 0.2) is 0 Å². The number of nitrogens with one attached hydrogen (secondary N) is 2. The number of aryl methyl sites for hydroxylation is 2. The van der Waals surface area contributed by atoms with Gasteiger partial charge in [0, 0.05) is 31.3 Å². The van der Waals surface area contributed by atoms with Gasteiger partial charge in [0.05, 0.1) is 11.6 Å². The number of amides is 1. The lowest BCUT2D eigenvalue weighted by Crippen LogP contribution is -2.29. The van der Waals surface area contributed by atoms with E-state index in [0.717, 1.165) is 17.7 Å². The molecule has 0 unspecified atom stereocenters. The number of anilines is 1. The zero-order valence-corrected chi connectivity index (χ0v) is 15.7. The Morgan fingerprint density at radius 2 is 1.81 bits per heavy atom. The molecule has 2 N–H and O–H groups in total. The molecule has 0 fully saturated rings. The number of rotatable bonds is 6. The van der Waals surface area contributed by atoms with Crippen molar-refractivity contribution in [2.45, 2.75) is 26.8 Å². The summed E-state index contributed by atoms with van der Waals surface area (Å²) in [6.07, 6.45) is 6.54. The Bertz CT molecular complexity index is 910. The fraction of sp³-hybridized carbons (Fsp3) is 0.238. The minimum absolute atomic E-state index is 0.231. The third kappa shape index (κ3) is 4.47. The molecule has 27 heavy (non-hydrogen) atoms. The van der Waals surface area contributed by atoms with Crippen LogP contribution in [0.4, 0.5) is 5.95 Å². The minimum atomic E-state index is -0.307. The summed E-state index contributed by atoms with van der Waals surface area (Å²) < 4.78 is 0. The zero-order valence-electron chi connectivity index (χ0n) is 15.7. The molecule has 0 aliphatic rings. The number of aromatic nitrogens is 3. The molecule has 1 amide bonds. The molecular formula is C21H23N5O. The van der Waals surface area contributed by atoms with Crippen LogP contribution in [0.5, 0.6) is 0 Å². The molecular weight excluding hydrogens is 338 g/mol. The van der Waals surface area contributed by atoms with Crippen LogP contribution < -0.4 is 10.6 Å². The summed E-state index contributed by atoms with van der Waals surface area (Å²) in [7, 11) is 0. The Labute approximate surface area is 159 Å². The molecule has 3 rings (SSSR count). The smallest absolute Gasteiger partial charge is 0.255 e. The summed E-state index contributed by atoms with van der Waals surface area (Å²) in [5.74, 6) is 0.275. The van der Waals surface area contributed by atoms with Crippen molar-refractivity contribution >= 4 is 11.9 Å². The van der Waals surface area contributed by atoms with Crippen LogP contribution >= 0.6 is 0 Å². The van der Waals surface area contributed by atoms with Crippen LogP contribution in [0.15, 0.2) is 55.1 Å². The van der Waals surface area contributed by atoms with Gasteiger partial charge >= 0.3 is 0 Å². The fourth-order valence-electron chi connectivity index (χ4n) is 2.76. The van der Waals surface area contributed by atoms with Gasteiger partial charge in [0.1, 0.15) is 0 Å². The maximum absolute atomic E-state index is 12.8. The molecule has 0 aliphatic carbocycles. The molecule has 0 bridgehead atoms. The Kier molecular flexibility index (Phi) is 5.76. The number of hydrogen-bond donors (Lipinski definition) is 2. The number of carbonyl (C=O) groups excluding carboxylic acids is 1. The highest BCUT2D eigenvalue weighted by molar-refractivity contribution is 5.94. The molecule has 6 nitrogen and oxygen atoms in total. The summed E-state index contributed by atoms with van der Waals surface area (Å²) in [5, 5.41) is 6.10. The van der Waals surface area contributed by atoms with Crippen LogP contribution in [0.1, 0.15) is 45.6 Å². The summed E-state index contributed by atoms with van der Waals surface area (Å²) in [5.41, 5.74) is 4.72. The van der Waals surface area contributed by atoms with Crippen molar-refractivity contribution in [3.8, 4) is 0 Å². The largest absolute Gasteiger partial charge is 0.355 e. The van der Waals surface area contributed by atoms with Gasteiger partial charge in [-0.05, 0) is 49.1 Å². The number of nitrogens with zero attached hydrogens (tertiary/aromatic N) is 3. The van der Waals surface area contributed by atoms with Crippen molar-refractivity contribution in [2.24, 2.45) is 0 Å². The zero-order chi connectivity index (χ0) is 19.2. The summed E-state index contributed by atoms with van der Waals surface area (Å²) >= 11 is 0. The molecule has 3 aromatic rings. The first-order valence-corrected chi connectivity index (χ1v) is 8.92. The van der Waals surface area contributed by atoms with E-state index in [-0.39, 0.29) is 11.9 Å². The Balaban J connectivity index is 1.89. The predicted molar refractivity (Wildman–Crippen MR) is 106 cm³/mol. The lowest BCUT2D eigenvalue weighted by Gasteiger charge is -2.20. The second-order valence-electron chi connectivity index (χ2n) is 6.36. The molecule has 2 aromatic heterocycles. The van der Waals surface area contributed by atoms with E-state index in [1.165, 1.54) is 23.5 Å². The number of hydrogen-bond acceptors (Lipinski definition) is 5. The first-order chi connectivity index (χ1) is 13.1. The minimum Gasteiger partial charge on any atom is -0.355 e. The first kappa shape index (κ1) is 18.5. The van der Waals surface area contributed by atoms with Gasteiger partial charge in [0.25, 0.3) is 5.91 Å². The van der Waals surface area contributed by atoms with E-state index in [1.54, 1.807) is 12.4 Å². The van der Waals surface area contributed by atoms with Crippen molar-refractivity contribution < 1.29 is 4.79 Å². The molecule has 0 saturated carbocycles. The van der Waals surface area contributed by atoms with E-state index in [9.17, 15) is 4.79 Å². The maximum Gasteiger partial charge on any atom is 0.255 e. The normalized spacial score (nSPS) is 11.7. The molecule has 1 atom stereocenters. The molecule has 1 aromatic carbocycles. The SMILES string of the molecule is CCNc1ncc(C(=O)N[C@H](c2cccnc2)c2ccc(C)c(C)c2)cn1. The van der Waals surface area contributed by atoms with Crippen molar-refractivity contribution in [3.63, 3.8) is 0 Å². The highest BCUT2D eigenvalue weighted by Gasteiger charge is 2.19. The second kappa shape index (κ2) is 8.40. The van der Waals surface area contributed by atoms with Gasteiger partial charge in [-0.3, -0.25) is 9.78 Å². The molecule has 0 aliphatic heterocycles. The van der Waals surface area contributed by atoms with Crippen LogP contribution in [0, 0.1) is 13.8 Å². The van der Waals surface area contributed by atoms with Gasteiger partial charge < -0.3 is 10.6 Å². The van der Waals surface area contributed by atoms with Gasteiger partial charge in [-0.25, -0.2) is 9.97 Å². The second-order valence-corrected chi connectivity index (χ2v) is 6.36. The Hall–Kier alpha value is -3.28. The fourth-order valence-corrected chi connectivity index (χ4v) is 2.76. The lowest BCUT2D eigenvalue weighted by molar-refractivity contribution is 0.0942. The van der Waals surface area contributed by atoms with E-state index in [1.807, 2.05) is 25.1 Å². The average Bonchev–Trinajstić information content (AvgIpc) is 2.70. The van der Waals surface area contributed by atoms with Gasteiger partial charge in [-0.15, -0.1) is 0 Å². The topological polar surface area (TPSA) is 79.8 Å². The number of carbonyl (C=O) groups is 1. The molecule has 138 valence electrons. The first-order valence-electron chi connectivity index (χ1n) is 8.92. The molecule has 0 saturated heterocycles. The molecule has 6 heteroatoms. The van der Waals surface area contributed by atoms with Crippen LogP contribution in [-0.4, -0.2) is 27.4 Å². The van der Waals surface area contributed by atoms with Gasteiger partial charge in [0.2, 0.25) is 5.95 Å². The predicted octanol–water partition coefficient (Wildman–Crippen LogP) is 3.44. The monoisotopic (exact) mass is 361 g/mol. The van der Waals surface area contributed by atoms with Crippen molar-refractivity contribution in [1.29, 1.82) is 0 Å². The number of pyridine rings is 1. The average molecular weight is 361 g/mol. The summed E-state index contributed by atoms with van der Waals surface area (Å²) in [4.78, 5) is 25.3. The van der Waals surface area contributed by atoms with Crippen molar-refractivity contribution in [2.75, 3.05) is 11.9 Å². The van der Waals surface area contributed by atoms with Gasteiger partial charge in [-0.2, -0.15) is 0 Å². The standard InChI is InChI=1S/C21H23N5O/c1-4-23-21-24-12-18(13-25-21)20(27)26-19(17-6-5-9-22-11-17)16-8-7-14(2)15(3)10-16/h5-13,19H,4H2,1-3H3,(H,26,27)(H,23,24,25)/t19-/m0/s1. The third-order valence-corrected chi connectivity index (χ3v) is 4.41. The summed E-state index contributed by atoms with van der Waals surface area (Å²) in [6.45, 7) is 6.82. The van der Waals surface area contributed by atoms with Crippen molar-refractivity contribution in [3.05, 3.63) is 82.9 Å². The van der Waals surface area contributed by atoms with E-state index < -0.39 is 0 Å². The van der Waals surface area contributed by atoms with Crippen LogP contribution in [0.2, 0.25) is 0 Å². The van der Waals surface area contributed by atoms with E-state index in [4.69, 9.17) is 0 Å². The lowest BCUT2D eigenvalue weighted by atomic mass is 9.96. The highest BCUT2D eigenvalue weighted by Crippen LogP contribution is 2.24. The summed E-state index contributed by atoms with van der Waals surface area (Å²) in [6, 6.07) is 9.71. The van der Waals surface area contributed by atoms with Crippen LogP contribution in [0.25, 0.3) is 0 Å². The van der Waals surface area contributed by atoms with E-state index >= 15 is 0 Å². The van der Waals surface area contributed by atoms with E-state index in [0.29, 0.717) is 11.5 Å². The van der Waals surface area contributed by atoms with E-state index in [2.05, 4.69) is 51.6 Å². The van der Waals surface area contributed by atoms with Crippen LogP contribution in [-0.2, 0) is 0 Å².